The molecular formula is C12H13NO5. The Morgan fingerprint density at radius 1 is 1.50 bits per heavy atom. The third-order valence-electron chi connectivity index (χ3n) is 2.78. The summed E-state index contributed by atoms with van der Waals surface area (Å²) in [7, 11) is 0. The highest BCUT2D eigenvalue weighted by Crippen LogP contribution is 2.19. The first-order chi connectivity index (χ1) is 8.47. The van der Waals surface area contributed by atoms with E-state index in [4.69, 9.17) is 9.52 Å². The molecule has 6 heteroatoms. The van der Waals surface area contributed by atoms with Crippen molar-refractivity contribution in [1.29, 1.82) is 0 Å². The van der Waals surface area contributed by atoms with Gasteiger partial charge in [-0.15, -0.1) is 0 Å². The number of nitrogens with one attached hydrogen (secondary N) is 1. The number of fused-ring (bicyclic) bond motifs is 1. The number of hydrogen-bond donors (Lipinski definition) is 3. The number of carboxylic acid groups (broad SMARTS) is 1. The fraction of sp³-hybridized carbons (Fsp3) is 0.333. The summed E-state index contributed by atoms with van der Waals surface area (Å²) in [6.07, 6.45) is -0.854. The summed E-state index contributed by atoms with van der Waals surface area (Å²) in [5.41, 5.74) is 2.75. The molecule has 0 unspecified atom stereocenters. The lowest BCUT2D eigenvalue weighted by molar-refractivity contribution is -0.146. The quantitative estimate of drug-likeness (QED) is 0.746. The van der Waals surface area contributed by atoms with Gasteiger partial charge in [0.25, 0.3) is 0 Å². The van der Waals surface area contributed by atoms with E-state index in [1.54, 1.807) is 6.07 Å². The normalized spacial score (nSPS) is 12.8. The molecule has 6 nitrogen and oxygen atoms in total. The van der Waals surface area contributed by atoms with Crippen LogP contribution in [-0.4, -0.2) is 27.3 Å². The molecule has 0 aliphatic carbocycles. The van der Waals surface area contributed by atoms with Crippen LogP contribution in [0.4, 0.5) is 0 Å². The van der Waals surface area contributed by atoms with Crippen LogP contribution < -0.4 is 5.76 Å². The summed E-state index contributed by atoms with van der Waals surface area (Å²) in [4.78, 5) is 24.1. The summed E-state index contributed by atoms with van der Waals surface area (Å²) in [6, 6.07) is 3.51. The molecule has 0 saturated heterocycles. The Balaban J connectivity index is 2.24. The number of aryl methyl sites for hydroxylation is 2. The number of aliphatic hydroxyl groups excluding tert-OH is 1. The Labute approximate surface area is 102 Å². The van der Waals surface area contributed by atoms with E-state index in [0.717, 1.165) is 11.1 Å². The first-order valence-electron chi connectivity index (χ1n) is 5.50. The van der Waals surface area contributed by atoms with Gasteiger partial charge in [-0.2, -0.15) is 0 Å². The van der Waals surface area contributed by atoms with E-state index in [-0.39, 0.29) is 6.42 Å². The van der Waals surface area contributed by atoms with Crippen molar-refractivity contribution in [3.05, 3.63) is 33.8 Å². The van der Waals surface area contributed by atoms with Crippen LogP contribution in [0, 0.1) is 6.92 Å². The Bertz CT molecular complexity index is 639. The number of aliphatic carboxylic acids is 1. The second-order valence-corrected chi connectivity index (χ2v) is 4.19. The zero-order valence-corrected chi connectivity index (χ0v) is 9.77. The Hall–Kier alpha value is -2.08. The average molecular weight is 251 g/mol. The number of benzene rings is 1. The van der Waals surface area contributed by atoms with Crippen LogP contribution in [0.25, 0.3) is 11.1 Å². The van der Waals surface area contributed by atoms with Crippen LogP contribution in [0.15, 0.2) is 21.3 Å². The molecule has 0 spiro atoms. The smallest absolute Gasteiger partial charge is 0.417 e. The van der Waals surface area contributed by atoms with Crippen molar-refractivity contribution >= 4 is 17.1 Å². The number of hydrogen-bond acceptors (Lipinski definition) is 4. The van der Waals surface area contributed by atoms with Crippen LogP contribution in [-0.2, 0) is 11.2 Å². The van der Waals surface area contributed by atoms with Gasteiger partial charge in [-0.25, -0.2) is 9.59 Å². The number of carboxylic acids is 1. The van der Waals surface area contributed by atoms with Crippen LogP contribution in [0.3, 0.4) is 0 Å². The van der Waals surface area contributed by atoms with Gasteiger partial charge >= 0.3 is 11.7 Å². The number of aromatic amines is 1. The molecule has 0 fully saturated rings. The standard InChI is InChI=1S/C12H13NO5/c1-6-4-7(2-3-8(14)11(15)16)5-9-10(6)13-12(17)18-9/h4-5,8,14H,2-3H2,1H3,(H,13,17)(H,15,16)/t8-/m1/s1. The second kappa shape index (κ2) is 4.66. The summed E-state index contributed by atoms with van der Waals surface area (Å²) < 4.78 is 4.95. The van der Waals surface area contributed by atoms with E-state index in [1.807, 2.05) is 13.0 Å². The van der Waals surface area contributed by atoms with Crippen molar-refractivity contribution in [3.63, 3.8) is 0 Å². The number of H-pyrrole nitrogens is 1. The van der Waals surface area contributed by atoms with Gasteiger partial charge in [0.05, 0.1) is 5.52 Å². The van der Waals surface area contributed by atoms with Gasteiger partial charge < -0.3 is 14.6 Å². The van der Waals surface area contributed by atoms with E-state index in [1.165, 1.54) is 0 Å². The monoisotopic (exact) mass is 251 g/mol. The number of oxazole rings is 1. The molecule has 2 aromatic rings. The first-order valence-corrected chi connectivity index (χ1v) is 5.50. The summed E-state index contributed by atoms with van der Waals surface area (Å²) in [5, 5.41) is 17.8. The lowest BCUT2D eigenvalue weighted by Gasteiger charge is -2.06. The molecule has 1 heterocycles. The van der Waals surface area contributed by atoms with E-state index >= 15 is 0 Å². The van der Waals surface area contributed by atoms with E-state index < -0.39 is 17.8 Å². The number of aromatic nitrogens is 1. The first kappa shape index (κ1) is 12.4. The predicted molar refractivity (Wildman–Crippen MR) is 63.5 cm³/mol. The van der Waals surface area contributed by atoms with Crippen molar-refractivity contribution in [2.75, 3.05) is 0 Å². The number of carbonyl (C=O) groups is 1. The van der Waals surface area contributed by atoms with Crippen molar-refractivity contribution in [2.45, 2.75) is 25.9 Å². The van der Waals surface area contributed by atoms with Gasteiger partial charge in [-0.3, -0.25) is 4.98 Å². The fourth-order valence-corrected chi connectivity index (χ4v) is 1.87. The molecule has 3 N–H and O–H groups in total. The third-order valence-corrected chi connectivity index (χ3v) is 2.78. The van der Waals surface area contributed by atoms with Crippen LogP contribution in [0.1, 0.15) is 17.5 Å². The summed E-state index contributed by atoms with van der Waals surface area (Å²) in [5.74, 6) is -1.75. The maximum absolute atomic E-state index is 11.1. The van der Waals surface area contributed by atoms with Gasteiger partial charge in [0.2, 0.25) is 0 Å². The molecule has 2 rings (SSSR count). The molecule has 0 saturated carbocycles. The minimum Gasteiger partial charge on any atom is -0.479 e. The number of rotatable bonds is 4. The lowest BCUT2D eigenvalue weighted by Crippen LogP contribution is -2.19. The topological polar surface area (TPSA) is 104 Å². The maximum atomic E-state index is 11.1. The molecule has 0 radical (unpaired) electrons. The van der Waals surface area contributed by atoms with Crippen molar-refractivity contribution < 1.29 is 19.4 Å². The molecule has 0 bridgehead atoms. The van der Waals surface area contributed by atoms with Crippen LogP contribution >= 0.6 is 0 Å². The van der Waals surface area contributed by atoms with E-state index in [2.05, 4.69) is 4.98 Å². The highest BCUT2D eigenvalue weighted by Gasteiger charge is 2.13. The van der Waals surface area contributed by atoms with Crippen molar-refractivity contribution in [1.82, 2.24) is 4.98 Å². The highest BCUT2D eigenvalue weighted by molar-refractivity contribution is 5.77. The predicted octanol–water partition coefficient (Wildman–Crippen LogP) is 0.808. The lowest BCUT2D eigenvalue weighted by atomic mass is 10.0. The molecular weight excluding hydrogens is 238 g/mol. The average Bonchev–Trinajstić information content (AvgIpc) is 2.67. The molecule has 1 aromatic carbocycles. The summed E-state index contributed by atoms with van der Waals surface area (Å²) >= 11 is 0. The molecule has 0 amide bonds. The van der Waals surface area contributed by atoms with Crippen LogP contribution in [0.5, 0.6) is 0 Å². The fourth-order valence-electron chi connectivity index (χ4n) is 1.87. The van der Waals surface area contributed by atoms with Crippen molar-refractivity contribution in [3.8, 4) is 0 Å². The Morgan fingerprint density at radius 3 is 2.89 bits per heavy atom. The SMILES string of the molecule is Cc1cc(CC[C@@H](O)C(=O)O)cc2oc(=O)[nH]c12. The minimum atomic E-state index is -1.38. The molecule has 0 aliphatic rings. The van der Waals surface area contributed by atoms with Crippen LogP contribution in [0.2, 0.25) is 0 Å². The van der Waals surface area contributed by atoms with Gasteiger partial charge in [-0.05, 0) is 37.0 Å². The second-order valence-electron chi connectivity index (χ2n) is 4.19. The number of aliphatic hydroxyl groups is 1. The summed E-state index contributed by atoms with van der Waals surface area (Å²) in [6.45, 7) is 1.82. The Morgan fingerprint density at radius 2 is 2.22 bits per heavy atom. The van der Waals surface area contributed by atoms with Gasteiger partial charge in [-0.1, -0.05) is 6.07 Å². The molecule has 1 aromatic heterocycles. The Kier molecular flexibility index (Phi) is 3.20. The van der Waals surface area contributed by atoms with Gasteiger partial charge in [0.15, 0.2) is 11.7 Å². The largest absolute Gasteiger partial charge is 0.479 e. The van der Waals surface area contributed by atoms with Gasteiger partial charge in [0, 0.05) is 0 Å². The third kappa shape index (κ3) is 2.43. The molecule has 0 aliphatic heterocycles. The van der Waals surface area contributed by atoms with E-state index in [9.17, 15) is 14.7 Å². The van der Waals surface area contributed by atoms with E-state index in [0.29, 0.717) is 17.5 Å². The molecule has 1 atom stereocenters. The van der Waals surface area contributed by atoms with Crippen molar-refractivity contribution in [2.24, 2.45) is 0 Å². The zero-order valence-electron chi connectivity index (χ0n) is 9.77. The molecule has 96 valence electrons. The zero-order chi connectivity index (χ0) is 13.3. The molecule has 18 heavy (non-hydrogen) atoms. The minimum absolute atomic E-state index is 0.120. The van der Waals surface area contributed by atoms with Gasteiger partial charge in [0.1, 0.15) is 0 Å². The highest BCUT2D eigenvalue weighted by atomic mass is 16.4. The maximum Gasteiger partial charge on any atom is 0.417 e.